The Morgan fingerprint density at radius 3 is 2.57 bits per heavy atom. The standard InChI is InChI=1S/C14H22N4O3/c1-14(2,3)15-13(19)18-8-7-10(9-18)21-12-6-5-11(20-4)16-17-12/h5-6,10H,7-9H2,1-4H3,(H,15,19). The van der Waals surface area contributed by atoms with E-state index < -0.39 is 0 Å². The van der Waals surface area contributed by atoms with E-state index in [1.165, 1.54) is 7.11 Å². The van der Waals surface area contributed by atoms with Gasteiger partial charge in [-0.2, -0.15) is 0 Å². The maximum Gasteiger partial charge on any atom is 0.317 e. The lowest BCUT2D eigenvalue weighted by molar-refractivity contribution is 0.176. The third kappa shape index (κ3) is 4.47. The molecular weight excluding hydrogens is 272 g/mol. The average molecular weight is 294 g/mol. The second kappa shape index (κ2) is 6.15. The molecule has 1 atom stereocenters. The van der Waals surface area contributed by atoms with Gasteiger partial charge in [0.15, 0.2) is 0 Å². The smallest absolute Gasteiger partial charge is 0.317 e. The predicted molar refractivity (Wildman–Crippen MR) is 77.5 cm³/mol. The summed E-state index contributed by atoms with van der Waals surface area (Å²) in [4.78, 5) is 13.8. The zero-order valence-electron chi connectivity index (χ0n) is 12.9. The van der Waals surface area contributed by atoms with Crippen LogP contribution in [0, 0.1) is 0 Å². The van der Waals surface area contributed by atoms with E-state index >= 15 is 0 Å². The van der Waals surface area contributed by atoms with Crippen LogP contribution in [-0.2, 0) is 0 Å². The second-order valence-corrected chi connectivity index (χ2v) is 6.07. The number of carbonyl (C=O) groups is 1. The Labute approximate surface area is 124 Å². The highest BCUT2D eigenvalue weighted by molar-refractivity contribution is 5.75. The maximum absolute atomic E-state index is 12.1. The van der Waals surface area contributed by atoms with Gasteiger partial charge in [0.25, 0.3) is 0 Å². The van der Waals surface area contributed by atoms with Gasteiger partial charge >= 0.3 is 6.03 Å². The van der Waals surface area contributed by atoms with E-state index in [1.54, 1.807) is 17.0 Å². The molecule has 116 valence electrons. The maximum atomic E-state index is 12.1. The molecule has 1 aliphatic rings. The normalized spacial score (nSPS) is 18.5. The van der Waals surface area contributed by atoms with Gasteiger partial charge in [0, 0.05) is 30.6 Å². The fraction of sp³-hybridized carbons (Fsp3) is 0.643. The van der Waals surface area contributed by atoms with Crippen molar-refractivity contribution in [2.24, 2.45) is 0 Å². The first-order valence-electron chi connectivity index (χ1n) is 6.99. The minimum atomic E-state index is -0.239. The minimum absolute atomic E-state index is 0.0570. The van der Waals surface area contributed by atoms with E-state index in [0.29, 0.717) is 24.8 Å². The summed E-state index contributed by atoms with van der Waals surface area (Å²) in [5.41, 5.74) is -0.239. The molecule has 1 aliphatic heterocycles. The topological polar surface area (TPSA) is 76.6 Å². The molecule has 1 N–H and O–H groups in total. The summed E-state index contributed by atoms with van der Waals surface area (Å²) in [7, 11) is 1.53. The number of nitrogens with one attached hydrogen (secondary N) is 1. The van der Waals surface area contributed by atoms with Crippen molar-refractivity contribution in [1.29, 1.82) is 0 Å². The third-order valence-corrected chi connectivity index (χ3v) is 3.03. The Bertz CT molecular complexity index is 484. The Kier molecular flexibility index (Phi) is 4.50. The zero-order chi connectivity index (χ0) is 15.5. The highest BCUT2D eigenvalue weighted by Crippen LogP contribution is 2.17. The molecule has 1 aromatic heterocycles. The Morgan fingerprint density at radius 1 is 1.33 bits per heavy atom. The lowest BCUT2D eigenvalue weighted by Gasteiger charge is -2.25. The fourth-order valence-corrected chi connectivity index (χ4v) is 2.06. The van der Waals surface area contributed by atoms with Crippen LogP contribution in [0.5, 0.6) is 11.8 Å². The van der Waals surface area contributed by atoms with Crippen molar-refractivity contribution in [3.05, 3.63) is 12.1 Å². The largest absolute Gasteiger partial charge is 0.480 e. The lowest BCUT2D eigenvalue weighted by Crippen LogP contribution is -2.48. The Hall–Kier alpha value is -2.05. The number of urea groups is 1. The van der Waals surface area contributed by atoms with E-state index in [1.807, 2.05) is 20.8 Å². The average Bonchev–Trinajstić information content (AvgIpc) is 2.86. The summed E-state index contributed by atoms with van der Waals surface area (Å²) >= 11 is 0. The van der Waals surface area contributed by atoms with Crippen LogP contribution in [0.4, 0.5) is 4.79 Å². The number of nitrogens with zero attached hydrogens (tertiary/aromatic N) is 3. The molecule has 1 unspecified atom stereocenters. The van der Waals surface area contributed by atoms with Gasteiger partial charge in [-0.05, 0) is 20.8 Å². The molecule has 0 bridgehead atoms. The monoisotopic (exact) mass is 294 g/mol. The second-order valence-electron chi connectivity index (χ2n) is 6.07. The SMILES string of the molecule is COc1ccc(OC2CCN(C(=O)NC(C)(C)C)C2)nn1. The van der Waals surface area contributed by atoms with Crippen molar-refractivity contribution < 1.29 is 14.3 Å². The van der Waals surface area contributed by atoms with Gasteiger partial charge in [-0.15, -0.1) is 10.2 Å². The molecule has 1 fully saturated rings. The van der Waals surface area contributed by atoms with Crippen LogP contribution in [-0.4, -0.2) is 53.0 Å². The van der Waals surface area contributed by atoms with Gasteiger partial charge in [-0.3, -0.25) is 0 Å². The number of hydrogen-bond acceptors (Lipinski definition) is 5. The quantitative estimate of drug-likeness (QED) is 0.913. The van der Waals surface area contributed by atoms with Crippen molar-refractivity contribution in [3.8, 4) is 11.8 Å². The van der Waals surface area contributed by atoms with Crippen molar-refractivity contribution >= 4 is 6.03 Å². The highest BCUT2D eigenvalue weighted by atomic mass is 16.5. The van der Waals surface area contributed by atoms with Crippen LogP contribution in [0.25, 0.3) is 0 Å². The molecule has 2 rings (SSSR count). The summed E-state index contributed by atoms with van der Waals surface area (Å²) in [6.45, 7) is 7.11. The molecule has 2 heterocycles. The number of rotatable bonds is 3. The lowest BCUT2D eigenvalue weighted by atomic mass is 10.1. The molecule has 0 aliphatic carbocycles. The fourth-order valence-electron chi connectivity index (χ4n) is 2.06. The van der Waals surface area contributed by atoms with Crippen molar-refractivity contribution in [1.82, 2.24) is 20.4 Å². The van der Waals surface area contributed by atoms with Gasteiger partial charge in [0.05, 0.1) is 13.7 Å². The molecule has 0 spiro atoms. The molecule has 1 saturated heterocycles. The number of aromatic nitrogens is 2. The number of carbonyl (C=O) groups excluding carboxylic acids is 1. The molecule has 21 heavy (non-hydrogen) atoms. The molecular formula is C14H22N4O3. The van der Waals surface area contributed by atoms with Crippen molar-refractivity contribution in [2.75, 3.05) is 20.2 Å². The molecule has 0 saturated carbocycles. The number of hydrogen-bond donors (Lipinski definition) is 1. The van der Waals surface area contributed by atoms with Crippen LogP contribution in [0.1, 0.15) is 27.2 Å². The van der Waals surface area contributed by atoms with Gasteiger partial charge in [0.1, 0.15) is 6.10 Å². The zero-order valence-corrected chi connectivity index (χ0v) is 12.9. The van der Waals surface area contributed by atoms with Gasteiger partial charge < -0.3 is 19.7 Å². The van der Waals surface area contributed by atoms with Crippen LogP contribution >= 0.6 is 0 Å². The Balaban J connectivity index is 1.86. The number of methoxy groups -OCH3 is 1. The molecule has 7 nitrogen and oxygen atoms in total. The molecule has 0 radical (unpaired) electrons. The number of likely N-dealkylation sites (tertiary alicyclic amines) is 1. The van der Waals surface area contributed by atoms with Crippen molar-refractivity contribution in [2.45, 2.75) is 38.8 Å². The molecule has 0 aromatic carbocycles. The van der Waals surface area contributed by atoms with Crippen LogP contribution in [0.2, 0.25) is 0 Å². The summed E-state index contributed by atoms with van der Waals surface area (Å²) in [6, 6.07) is 3.35. The van der Waals surface area contributed by atoms with Gasteiger partial charge in [-0.1, -0.05) is 0 Å². The predicted octanol–water partition coefficient (Wildman–Crippen LogP) is 1.45. The van der Waals surface area contributed by atoms with E-state index in [2.05, 4.69) is 15.5 Å². The minimum Gasteiger partial charge on any atom is -0.480 e. The van der Waals surface area contributed by atoms with Crippen LogP contribution in [0.15, 0.2) is 12.1 Å². The van der Waals surface area contributed by atoms with E-state index in [9.17, 15) is 4.79 Å². The third-order valence-electron chi connectivity index (χ3n) is 3.03. The summed E-state index contributed by atoms with van der Waals surface area (Å²) in [6.07, 6.45) is 0.726. The first kappa shape index (κ1) is 15.3. The van der Waals surface area contributed by atoms with E-state index in [4.69, 9.17) is 9.47 Å². The van der Waals surface area contributed by atoms with Gasteiger partial charge in [0.2, 0.25) is 11.8 Å². The van der Waals surface area contributed by atoms with E-state index in [0.717, 1.165) is 6.42 Å². The van der Waals surface area contributed by atoms with Crippen LogP contribution < -0.4 is 14.8 Å². The highest BCUT2D eigenvalue weighted by Gasteiger charge is 2.29. The first-order chi connectivity index (χ1) is 9.87. The Morgan fingerprint density at radius 2 is 2.00 bits per heavy atom. The first-order valence-corrected chi connectivity index (χ1v) is 6.99. The summed E-state index contributed by atoms with van der Waals surface area (Å²) < 4.78 is 10.7. The molecule has 7 heteroatoms. The van der Waals surface area contributed by atoms with Crippen LogP contribution in [0.3, 0.4) is 0 Å². The number of amides is 2. The van der Waals surface area contributed by atoms with E-state index in [-0.39, 0.29) is 17.7 Å². The summed E-state index contributed by atoms with van der Waals surface area (Å²) in [5.74, 6) is 0.888. The number of ether oxygens (including phenoxy) is 2. The summed E-state index contributed by atoms with van der Waals surface area (Å²) in [5, 5.41) is 10.7. The molecule has 2 amide bonds. The van der Waals surface area contributed by atoms with Gasteiger partial charge in [-0.25, -0.2) is 4.79 Å². The molecule has 1 aromatic rings. The van der Waals surface area contributed by atoms with Crippen molar-refractivity contribution in [3.63, 3.8) is 0 Å².